The molecule has 0 radical (unpaired) electrons. The van der Waals surface area contributed by atoms with Gasteiger partial charge in [0, 0.05) is 11.8 Å². The molecule has 2 rings (SSSR count). The van der Waals surface area contributed by atoms with Crippen LogP contribution in [0.5, 0.6) is 0 Å². The van der Waals surface area contributed by atoms with Crippen LogP contribution >= 0.6 is 0 Å². The van der Waals surface area contributed by atoms with Crippen molar-refractivity contribution in [2.45, 2.75) is 0 Å². The molecule has 0 aliphatic carbocycles. The van der Waals surface area contributed by atoms with Crippen LogP contribution in [0.3, 0.4) is 0 Å². The zero-order valence-corrected chi connectivity index (χ0v) is 8.93. The van der Waals surface area contributed by atoms with Crippen molar-refractivity contribution in [2.75, 3.05) is 5.32 Å². The monoisotopic (exact) mass is 251 g/mol. The topological polar surface area (TPSA) is 68.1 Å². The average molecular weight is 251 g/mol. The van der Waals surface area contributed by atoms with Crippen LogP contribution in [0.15, 0.2) is 36.5 Å². The van der Waals surface area contributed by atoms with Crippen molar-refractivity contribution in [2.24, 2.45) is 0 Å². The number of aromatic nitrogens is 1. The van der Waals surface area contributed by atoms with Gasteiger partial charge in [-0.1, -0.05) is 0 Å². The van der Waals surface area contributed by atoms with Crippen LogP contribution < -0.4 is 5.32 Å². The molecule has 0 atom stereocenters. The summed E-state index contributed by atoms with van der Waals surface area (Å²) < 4.78 is 25.9. The first-order valence-corrected chi connectivity index (χ1v) is 4.89. The molecule has 0 unspecified atom stereocenters. The van der Waals surface area contributed by atoms with Crippen molar-refractivity contribution in [3.8, 4) is 0 Å². The maximum Gasteiger partial charge on any atom is 0.387 e. The number of nitrogens with zero attached hydrogens (tertiary/aromatic N) is 2. The van der Waals surface area contributed by atoms with E-state index in [-0.39, 0.29) is 11.4 Å². The molecule has 0 saturated heterocycles. The van der Waals surface area contributed by atoms with Gasteiger partial charge >= 0.3 is 5.82 Å². The highest BCUT2D eigenvalue weighted by molar-refractivity contribution is 5.66. The van der Waals surface area contributed by atoms with Gasteiger partial charge in [-0.2, -0.15) is 0 Å². The lowest BCUT2D eigenvalue weighted by Crippen LogP contribution is -1.99. The van der Waals surface area contributed by atoms with Gasteiger partial charge in [-0.15, -0.1) is 0 Å². The number of nitro groups is 1. The summed E-state index contributed by atoms with van der Waals surface area (Å²) in [5.41, 5.74) is 0.135. The van der Waals surface area contributed by atoms with E-state index in [9.17, 15) is 18.9 Å². The third kappa shape index (κ3) is 2.57. The molecule has 1 aromatic carbocycles. The van der Waals surface area contributed by atoms with Crippen molar-refractivity contribution in [3.63, 3.8) is 0 Å². The van der Waals surface area contributed by atoms with Crippen LogP contribution in [0, 0.1) is 21.7 Å². The molecule has 0 aliphatic rings. The molecule has 18 heavy (non-hydrogen) atoms. The zero-order valence-electron chi connectivity index (χ0n) is 8.93. The number of halogens is 2. The molecule has 0 aliphatic heterocycles. The summed E-state index contributed by atoms with van der Waals surface area (Å²) >= 11 is 0. The first-order chi connectivity index (χ1) is 8.56. The van der Waals surface area contributed by atoms with E-state index in [2.05, 4.69) is 10.3 Å². The molecule has 0 amide bonds. The minimum Gasteiger partial charge on any atom is -0.358 e. The van der Waals surface area contributed by atoms with E-state index in [4.69, 9.17) is 0 Å². The van der Waals surface area contributed by atoms with Crippen LogP contribution in [0.2, 0.25) is 0 Å². The second-order valence-corrected chi connectivity index (χ2v) is 3.41. The summed E-state index contributed by atoms with van der Waals surface area (Å²) in [4.78, 5) is 13.6. The third-order valence-electron chi connectivity index (χ3n) is 2.10. The highest BCUT2D eigenvalue weighted by Gasteiger charge is 2.14. The van der Waals surface area contributed by atoms with Gasteiger partial charge in [-0.25, -0.2) is 8.78 Å². The second kappa shape index (κ2) is 4.74. The normalized spacial score (nSPS) is 10.1. The fourth-order valence-electron chi connectivity index (χ4n) is 1.42. The molecular weight excluding hydrogens is 244 g/mol. The fourth-order valence-corrected chi connectivity index (χ4v) is 1.42. The lowest BCUT2D eigenvalue weighted by Gasteiger charge is -2.06. The smallest absolute Gasteiger partial charge is 0.358 e. The van der Waals surface area contributed by atoms with Crippen molar-refractivity contribution >= 4 is 17.2 Å². The highest BCUT2D eigenvalue weighted by atomic mass is 19.1. The van der Waals surface area contributed by atoms with E-state index in [1.165, 1.54) is 18.3 Å². The second-order valence-electron chi connectivity index (χ2n) is 3.41. The summed E-state index contributed by atoms with van der Waals surface area (Å²) in [6.45, 7) is 0. The van der Waals surface area contributed by atoms with E-state index in [1.54, 1.807) is 0 Å². The van der Waals surface area contributed by atoms with Crippen molar-refractivity contribution in [1.82, 2.24) is 4.98 Å². The van der Waals surface area contributed by atoms with Crippen molar-refractivity contribution < 1.29 is 13.7 Å². The molecule has 5 nitrogen and oxygen atoms in total. The van der Waals surface area contributed by atoms with Crippen molar-refractivity contribution in [1.29, 1.82) is 0 Å². The standard InChI is InChI=1S/C11H7F2N3O2/c12-7-4-8(13)6-9(5-7)15-10-2-1-3-14-11(10)16(17)18/h1-6,15H. The summed E-state index contributed by atoms with van der Waals surface area (Å²) in [5.74, 6) is -1.96. The predicted molar refractivity (Wildman–Crippen MR) is 60.5 cm³/mol. The maximum atomic E-state index is 13.0. The number of pyridine rings is 1. The van der Waals surface area contributed by atoms with Gasteiger partial charge in [0.05, 0.1) is 0 Å². The van der Waals surface area contributed by atoms with E-state index < -0.39 is 22.4 Å². The van der Waals surface area contributed by atoms with Gasteiger partial charge in [0.2, 0.25) is 0 Å². The fraction of sp³-hybridized carbons (Fsp3) is 0. The summed E-state index contributed by atoms with van der Waals surface area (Å²) in [6, 6.07) is 5.64. The molecule has 7 heteroatoms. The molecule has 0 bridgehead atoms. The van der Waals surface area contributed by atoms with Crippen LogP contribution in [-0.2, 0) is 0 Å². The Labute approximate surface area is 100 Å². The lowest BCUT2D eigenvalue weighted by molar-refractivity contribution is -0.388. The van der Waals surface area contributed by atoms with E-state index >= 15 is 0 Å². The van der Waals surface area contributed by atoms with Crippen molar-refractivity contribution in [3.05, 3.63) is 58.3 Å². The number of rotatable bonds is 3. The van der Waals surface area contributed by atoms with Gasteiger partial charge in [0.25, 0.3) is 0 Å². The predicted octanol–water partition coefficient (Wildman–Crippen LogP) is 3.01. The van der Waals surface area contributed by atoms with Gasteiger partial charge in [-0.3, -0.25) is 0 Å². The Balaban J connectivity index is 2.37. The molecule has 1 heterocycles. The molecule has 1 N–H and O–H groups in total. The average Bonchev–Trinajstić information content (AvgIpc) is 2.27. The Bertz CT molecular complexity index is 584. The SMILES string of the molecule is O=[N+]([O-])c1ncccc1Nc1cc(F)cc(F)c1. The van der Waals surface area contributed by atoms with Crippen LogP contribution in [-0.4, -0.2) is 9.91 Å². The zero-order chi connectivity index (χ0) is 13.1. The first kappa shape index (κ1) is 11.9. The third-order valence-corrected chi connectivity index (χ3v) is 2.10. The number of anilines is 2. The minimum atomic E-state index is -0.774. The molecule has 0 saturated carbocycles. The lowest BCUT2D eigenvalue weighted by atomic mass is 10.3. The van der Waals surface area contributed by atoms with E-state index in [1.807, 2.05) is 0 Å². The van der Waals surface area contributed by atoms with Gasteiger partial charge in [0.15, 0.2) is 0 Å². The highest BCUT2D eigenvalue weighted by Crippen LogP contribution is 2.25. The molecule has 2 aromatic rings. The first-order valence-electron chi connectivity index (χ1n) is 4.89. The van der Waals surface area contributed by atoms with Crippen LogP contribution in [0.4, 0.5) is 26.0 Å². The summed E-state index contributed by atoms with van der Waals surface area (Å²) in [7, 11) is 0. The molecule has 1 aromatic heterocycles. The Morgan fingerprint density at radius 2 is 1.89 bits per heavy atom. The Morgan fingerprint density at radius 3 is 2.50 bits per heavy atom. The molecule has 92 valence electrons. The van der Waals surface area contributed by atoms with Crippen LogP contribution in [0.25, 0.3) is 0 Å². The van der Waals surface area contributed by atoms with Gasteiger partial charge in [-0.05, 0) is 34.2 Å². The summed E-state index contributed by atoms with van der Waals surface area (Å²) in [5, 5.41) is 13.3. The Morgan fingerprint density at radius 1 is 1.22 bits per heavy atom. The Hall–Kier alpha value is -2.57. The van der Waals surface area contributed by atoms with E-state index in [0.29, 0.717) is 6.07 Å². The molecule has 0 spiro atoms. The largest absolute Gasteiger partial charge is 0.387 e. The van der Waals surface area contributed by atoms with E-state index in [0.717, 1.165) is 12.1 Å². The summed E-state index contributed by atoms with van der Waals surface area (Å²) in [6.07, 6.45) is 1.26. The van der Waals surface area contributed by atoms with Gasteiger partial charge in [0.1, 0.15) is 23.5 Å². The molecular formula is C11H7F2N3O2. The van der Waals surface area contributed by atoms with Crippen LogP contribution in [0.1, 0.15) is 0 Å². The number of hydrogen-bond donors (Lipinski definition) is 1. The minimum absolute atomic E-state index is 0.0625. The maximum absolute atomic E-state index is 13.0. The number of benzene rings is 1. The van der Waals surface area contributed by atoms with Gasteiger partial charge < -0.3 is 15.4 Å². The number of hydrogen-bond acceptors (Lipinski definition) is 4. The Kier molecular flexibility index (Phi) is 3.13. The quantitative estimate of drug-likeness (QED) is 0.672. The molecule has 0 fully saturated rings. The number of nitrogens with one attached hydrogen (secondary N) is 1.